The van der Waals surface area contributed by atoms with Gasteiger partial charge in [0, 0.05) is 4.88 Å². The summed E-state index contributed by atoms with van der Waals surface area (Å²) in [4.78, 5) is 14.5. The number of halogens is 1. The van der Waals surface area contributed by atoms with E-state index < -0.39 is 0 Å². The quantitative estimate of drug-likeness (QED) is 0.636. The highest BCUT2D eigenvalue weighted by Crippen LogP contribution is 2.22. The van der Waals surface area contributed by atoms with Gasteiger partial charge in [-0.05, 0) is 29.1 Å². The molecule has 0 radical (unpaired) electrons. The minimum absolute atomic E-state index is 0.0144. The van der Waals surface area contributed by atoms with Crippen LogP contribution in [0.25, 0.3) is 0 Å². The highest BCUT2D eigenvalue weighted by atomic mass is 32.2. The second-order valence-electron chi connectivity index (χ2n) is 4.54. The molecule has 0 saturated carbocycles. The van der Waals surface area contributed by atoms with Crippen molar-refractivity contribution in [3.63, 3.8) is 0 Å². The maximum absolute atomic E-state index is 12.9. The number of thiophene rings is 1. The molecule has 0 spiro atoms. The molecule has 0 aliphatic carbocycles. The van der Waals surface area contributed by atoms with Crippen molar-refractivity contribution in [2.45, 2.75) is 6.54 Å². The van der Waals surface area contributed by atoms with Crippen LogP contribution < -0.4 is 0 Å². The second-order valence-corrected chi connectivity index (χ2v) is 6.46. The summed E-state index contributed by atoms with van der Waals surface area (Å²) in [5.41, 5.74) is 0.854. The van der Waals surface area contributed by atoms with Crippen molar-refractivity contribution in [1.29, 1.82) is 0 Å². The predicted octanol–water partition coefficient (Wildman–Crippen LogP) is 3.35. The number of benzene rings is 1. The lowest BCUT2D eigenvalue weighted by atomic mass is 10.2. The van der Waals surface area contributed by atoms with E-state index in [2.05, 4.69) is 10.2 Å². The Bertz CT molecular complexity index is 711. The van der Waals surface area contributed by atoms with Gasteiger partial charge < -0.3 is 0 Å². The molecule has 3 rings (SSSR count). The van der Waals surface area contributed by atoms with Crippen LogP contribution in [0, 0.1) is 5.82 Å². The molecule has 1 amide bonds. The van der Waals surface area contributed by atoms with Gasteiger partial charge in [-0.1, -0.05) is 30.0 Å². The molecule has 1 aliphatic heterocycles. The first-order valence-corrected chi connectivity index (χ1v) is 8.41. The van der Waals surface area contributed by atoms with Gasteiger partial charge in [-0.3, -0.25) is 9.69 Å². The molecule has 1 aromatic carbocycles. The van der Waals surface area contributed by atoms with Crippen molar-refractivity contribution < 1.29 is 9.18 Å². The van der Waals surface area contributed by atoms with Gasteiger partial charge in [0.15, 0.2) is 5.17 Å². The highest BCUT2D eigenvalue weighted by molar-refractivity contribution is 8.15. The first kappa shape index (κ1) is 14.9. The molecule has 1 aromatic heterocycles. The average molecular weight is 333 g/mol. The normalized spacial score (nSPS) is 17.0. The van der Waals surface area contributed by atoms with Gasteiger partial charge in [-0.2, -0.15) is 5.10 Å². The van der Waals surface area contributed by atoms with Crippen LogP contribution in [0.4, 0.5) is 4.39 Å². The molecule has 0 unspecified atom stereocenters. The summed E-state index contributed by atoms with van der Waals surface area (Å²) in [5.74, 6) is 0.0499. The maximum Gasteiger partial charge on any atom is 0.239 e. The Morgan fingerprint density at radius 3 is 2.82 bits per heavy atom. The van der Waals surface area contributed by atoms with Crippen LogP contribution in [0.5, 0.6) is 0 Å². The van der Waals surface area contributed by atoms with Crippen LogP contribution in [0.3, 0.4) is 0 Å². The number of nitrogens with zero attached hydrogens (tertiary/aromatic N) is 3. The molecule has 0 atom stereocenters. The summed E-state index contributed by atoms with van der Waals surface area (Å²) in [6.45, 7) is 0.374. The van der Waals surface area contributed by atoms with E-state index in [-0.39, 0.29) is 11.7 Å². The van der Waals surface area contributed by atoms with Crippen molar-refractivity contribution in [1.82, 2.24) is 4.90 Å². The molecule has 0 N–H and O–H groups in total. The molecular formula is C15H12FN3OS2. The van der Waals surface area contributed by atoms with E-state index in [1.807, 2.05) is 17.5 Å². The topological polar surface area (TPSA) is 45.0 Å². The SMILES string of the molecule is O=C1CS/C(=N\N=C\c2cccs2)N1Cc1ccc(F)cc1. The molecule has 0 bridgehead atoms. The zero-order valence-electron chi connectivity index (χ0n) is 11.5. The molecule has 7 heteroatoms. The monoisotopic (exact) mass is 333 g/mol. The van der Waals surface area contributed by atoms with Gasteiger partial charge >= 0.3 is 0 Å². The Balaban J connectivity index is 1.73. The van der Waals surface area contributed by atoms with E-state index in [1.54, 1.807) is 34.6 Å². The summed E-state index contributed by atoms with van der Waals surface area (Å²) in [6.07, 6.45) is 1.66. The summed E-state index contributed by atoms with van der Waals surface area (Å²) in [7, 11) is 0. The van der Waals surface area contributed by atoms with Crippen LogP contribution in [-0.4, -0.2) is 27.9 Å². The number of hydrogen-bond acceptors (Lipinski definition) is 5. The van der Waals surface area contributed by atoms with Gasteiger partial charge in [-0.25, -0.2) is 4.39 Å². The third kappa shape index (κ3) is 3.61. The smallest absolute Gasteiger partial charge is 0.239 e. The third-order valence-electron chi connectivity index (χ3n) is 2.98. The maximum atomic E-state index is 12.9. The molecule has 2 heterocycles. The number of rotatable bonds is 4. The Morgan fingerprint density at radius 2 is 2.09 bits per heavy atom. The van der Waals surface area contributed by atoms with Gasteiger partial charge in [0.1, 0.15) is 5.82 Å². The molecule has 2 aromatic rings. The van der Waals surface area contributed by atoms with Crippen molar-refractivity contribution >= 4 is 40.4 Å². The third-order valence-corrected chi connectivity index (χ3v) is 4.74. The fourth-order valence-electron chi connectivity index (χ4n) is 1.90. The predicted molar refractivity (Wildman–Crippen MR) is 88.8 cm³/mol. The number of carbonyl (C=O) groups is 1. The zero-order chi connectivity index (χ0) is 15.4. The van der Waals surface area contributed by atoms with Gasteiger partial charge in [0.2, 0.25) is 5.91 Å². The number of hydrogen-bond donors (Lipinski definition) is 0. The lowest BCUT2D eigenvalue weighted by Crippen LogP contribution is -2.28. The van der Waals surface area contributed by atoms with Crippen LogP contribution in [0.2, 0.25) is 0 Å². The lowest BCUT2D eigenvalue weighted by molar-refractivity contribution is -0.124. The van der Waals surface area contributed by atoms with Gasteiger partial charge in [0.05, 0.1) is 18.5 Å². The summed E-state index contributed by atoms with van der Waals surface area (Å²) in [6, 6.07) is 9.98. The Morgan fingerprint density at radius 1 is 1.27 bits per heavy atom. The van der Waals surface area contributed by atoms with Crippen LogP contribution in [0.15, 0.2) is 52.0 Å². The summed E-state index contributed by atoms with van der Waals surface area (Å²) >= 11 is 2.93. The van der Waals surface area contributed by atoms with Crippen LogP contribution in [0.1, 0.15) is 10.4 Å². The number of amidine groups is 1. The largest absolute Gasteiger partial charge is 0.285 e. The van der Waals surface area contributed by atoms with E-state index in [0.29, 0.717) is 17.5 Å². The van der Waals surface area contributed by atoms with E-state index in [9.17, 15) is 9.18 Å². The Hall–Kier alpha value is -1.99. The summed E-state index contributed by atoms with van der Waals surface area (Å²) < 4.78 is 12.9. The van der Waals surface area contributed by atoms with E-state index in [1.165, 1.54) is 23.9 Å². The minimum atomic E-state index is -0.291. The average Bonchev–Trinajstić information content (AvgIpc) is 3.14. The van der Waals surface area contributed by atoms with Crippen LogP contribution >= 0.6 is 23.1 Å². The van der Waals surface area contributed by atoms with Crippen molar-refractivity contribution in [3.8, 4) is 0 Å². The number of amides is 1. The Labute approximate surface area is 135 Å². The molecule has 1 saturated heterocycles. The van der Waals surface area contributed by atoms with Crippen molar-refractivity contribution in [2.75, 3.05) is 5.75 Å². The fourth-order valence-corrected chi connectivity index (χ4v) is 3.31. The molecule has 1 fully saturated rings. The molecular weight excluding hydrogens is 321 g/mol. The molecule has 22 heavy (non-hydrogen) atoms. The molecule has 1 aliphatic rings. The van der Waals surface area contributed by atoms with Gasteiger partial charge in [-0.15, -0.1) is 16.4 Å². The lowest BCUT2D eigenvalue weighted by Gasteiger charge is -2.14. The van der Waals surface area contributed by atoms with E-state index in [4.69, 9.17) is 0 Å². The van der Waals surface area contributed by atoms with Crippen molar-refractivity contribution in [3.05, 3.63) is 58.0 Å². The Kier molecular flexibility index (Phi) is 4.65. The standard InChI is InChI=1S/C15H12FN3OS2/c16-12-5-3-11(4-6-12)9-19-14(20)10-22-15(19)18-17-8-13-2-1-7-21-13/h1-8H,9-10H2/b17-8+,18-15-. The molecule has 112 valence electrons. The second kappa shape index (κ2) is 6.85. The molecule has 4 nitrogen and oxygen atoms in total. The van der Waals surface area contributed by atoms with E-state index >= 15 is 0 Å². The minimum Gasteiger partial charge on any atom is -0.285 e. The van der Waals surface area contributed by atoms with E-state index in [0.717, 1.165) is 10.4 Å². The first-order valence-electron chi connectivity index (χ1n) is 6.54. The summed E-state index contributed by atoms with van der Waals surface area (Å²) in [5, 5.41) is 10.7. The highest BCUT2D eigenvalue weighted by Gasteiger charge is 2.28. The van der Waals surface area contributed by atoms with Gasteiger partial charge in [0.25, 0.3) is 0 Å². The zero-order valence-corrected chi connectivity index (χ0v) is 13.1. The fraction of sp³-hybridized carbons (Fsp3) is 0.133. The first-order chi connectivity index (χ1) is 10.7. The number of carbonyl (C=O) groups excluding carboxylic acids is 1. The van der Waals surface area contributed by atoms with Crippen molar-refractivity contribution in [2.24, 2.45) is 10.2 Å². The number of thioether (sulfide) groups is 1. The van der Waals surface area contributed by atoms with Crippen LogP contribution in [-0.2, 0) is 11.3 Å².